The largest absolute Gasteiger partial charge is 0.456 e. The van der Waals surface area contributed by atoms with Gasteiger partial charge in [-0.2, -0.15) is 0 Å². The van der Waals surface area contributed by atoms with Gasteiger partial charge in [-0.3, -0.25) is 0 Å². The molecule has 5 heteroatoms. The van der Waals surface area contributed by atoms with Gasteiger partial charge in [0.1, 0.15) is 11.3 Å². The minimum absolute atomic E-state index is 0.0133. The molecule has 12 aromatic rings. The molecule has 2 heterocycles. The zero-order valence-electron chi connectivity index (χ0n) is 65.0. The Hall–Kier alpha value is -9.06. The van der Waals surface area contributed by atoms with Crippen molar-refractivity contribution in [3.63, 3.8) is 0 Å². The number of para-hydroxylation sites is 1. The van der Waals surface area contributed by atoms with Crippen molar-refractivity contribution in [3.8, 4) is 22.5 Å². The number of benzene rings is 11. The van der Waals surface area contributed by atoms with Crippen LogP contribution in [0.2, 0.25) is 0 Å². The molecule has 0 bridgehead atoms. The summed E-state index contributed by atoms with van der Waals surface area (Å²) < 4.78 is 6.55. The van der Waals surface area contributed by atoms with Crippen LogP contribution in [0.25, 0.3) is 55.0 Å². The van der Waals surface area contributed by atoms with E-state index >= 15 is 0 Å². The molecule has 104 heavy (non-hydrogen) atoms. The predicted molar refractivity (Wildman–Crippen MR) is 444 cm³/mol. The third kappa shape index (κ3) is 10.3. The third-order valence-corrected chi connectivity index (χ3v) is 27.3. The number of anilines is 9. The van der Waals surface area contributed by atoms with E-state index in [1.54, 1.807) is 0 Å². The van der Waals surface area contributed by atoms with Gasteiger partial charge >= 0.3 is 0 Å². The first-order chi connectivity index (χ1) is 49.2. The van der Waals surface area contributed by atoms with Crippen LogP contribution in [0.4, 0.5) is 51.2 Å². The molecule has 11 aromatic carbocycles. The second-order valence-electron chi connectivity index (χ2n) is 38.2. The first kappa shape index (κ1) is 66.9. The van der Waals surface area contributed by atoms with E-state index < -0.39 is 0 Å². The lowest BCUT2D eigenvalue weighted by atomic mass is 9.55. The molecule has 1 aliphatic heterocycles. The Labute approximate surface area is 620 Å². The lowest BCUT2D eigenvalue weighted by Gasteiger charge is -2.46. The van der Waals surface area contributed by atoms with E-state index in [1.165, 1.54) is 111 Å². The molecule has 6 aliphatic rings. The van der Waals surface area contributed by atoms with Crippen molar-refractivity contribution in [1.82, 2.24) is 0 Å². The summed E-state index contributed by atoms with van der Waals surface area (Å²) in [5, 5.41) is 6.00. The van der Waals surface area contributed by atoms with E-state index in [-0.39, 0.29) is 48.7 Å². The Morgan fingerprint density at radius 1 is 0.327 bits per heavy atom. The Bertz CT molecular complexity index is 5510. The first-order valence-electron chi connectivity index (χ1n) is 39.0. The quantitative estimate of drug-likeness (QED) is 0.141. The fourth-order valence-electron chi connectivity index (χ4n) is 20.1. The van der Waals surface area contributed by atoms with Crippen molar-refractivity contribution in [2.45, 2.75) is 225 Å². The number of fused-ring (bicyclic) bond motifs is 13. The second-order valence-corrected chi connectivity index (χ2v) is 38.2. The molecule has 5 aliphatic carbocycles. The number of rotatable bonds is 8. The molecule has 4 nitrogen and oxygen atoms in total. The van der Waals surface area contributed by atoms with Gasteiger partial charge in [0.25, 0.3) is 0 Å². The summed E-state index contributed by atoms with van der Waals surface area (Å²) in [6, 6.07) is 79.1. The van der Waals surface area contributed by atoms with Crippen LogP contribution in [0.5, 0.6) is 0 Å². The maximum atomic E-state index is 6.55. The van der Waals surface area contributed by atoms with Gasteiger partial charge in [-0.1, -0.05) is 233 Å². The fraction of sp³-hybridized carbons (Fsp3) is 0.354. The van der Waals surface area contributed by atoms with E-state index in [0.717, 1.165) is 113 Å². The summed E-state index contributed by atoms with van der Waals surface area (Å²) in [6.07, 6.45) is 9.08. The van der Waals surface area contributed by atoms with E-state index in [2.05, 4.69) is 347 Å². The highest BCUT2D eigenvalue weighted by Gasteiger charge is 2.45. The second kappa shape index (κ2) is 22.5. The van der Waals surface area contributed by atoms with Crippen LogP contribution >= 0.6 is 0 Å². The average Bonchev–Trinajstić information content (AvgIpc) is 1.29. The molecule has 0 fully saturated rings. The van der Waals surface area contributed by atoms with Crippen molar-refractivity contribution >= 4 is 102 Å². The highest BCUT2D eigenvalue weighted by atomic mass is 16.3. The third-order valence-electron chi connectivity index (χ3n) is 27.3. The molecule has 0 atom stereocenters. The molecule has 523 valence electrons. The molecule has 0 amide bonds. The molecule has 1 radical (unpaired) electrons. The van der Waals surface area contributed by atoms with Gasteiger partial charge < -0.3 is 19.1 Å². The monoisotopic (exact) mass is 1360 g/mol. The Morgan fingerprint density at radius 3 is 1.40 bits per heavy atom. The van der Waals surface area contributed by atoms with Gasteiger partial charge in [0.15, 0.2) is 7.28 Å². The molecule has 0 spiro atoms. The summed E-state index contributed by atoms with van der Waals surface area (Å²) in [5.41, 5.74) is 31.5. The summed E-state index contributed by atoms with van der Waals surface area (Å²) in [4.78, 5) is 8.07. The molecular formula is C99H103BN3O. The normalized spacial score (nSPS) is 19.5. The van der Waals surface area contributed by atoms with Crippen molar-refractivity contribution in [1.29, 1.82) is 0 Å². The smallest absolute Gasteiger partial charge is 0.199 e. The number of nitrogens with zero attached hydrogens (tertiary/aromatic N) is 3. The van der Waals surface area contributed by atoms with Crippen LogP contribution in [0.15, 0.2) is 205 Å². The molecular weight excluding hydrogens is 1260 g/mol. The standard InChI is InChI=1S/C99H103BN3O/c1-91(2)41-44-94(7,8)78-53-67(33-38-73(78)91)102(68-34-39-74-79(54-68)95(9,10)45-42-92(74,3)4)85-56-70(57-86-90(85)100-83-58-81-82(98(15,16)48-47-97(81,13)14)59-84(83)103(86)69-35-40-75-80(55-69)96(11,12)46-43-93(75,5)6)101(65-31-29-61-49-64(28-27-62(61)50-65)88-51-63-24-20-22-26-87(63)104-88)66-32-36-72-77(52-66)99(17,18)76-37-30-60-23-19-21-25-71(60)89(72)76/h19-40,49-59H,41-48H2,1-18H3. The van der Waals surface area contributed by atoms with Crippen LogP contribution in [-0.4, -0.2) is 7.28 Å². The van der Waals surface area contributed by atoms with E-state index in [4.69, 9.17) is 4.42 Å². The average molecular weight is 1360 g/mol. The SMILES string of the molecule is CC1(C)CCC(C)(C)c2cc(N(c3ccc4c(c3)C(C)(C)CCC4(C)C)c3cc(N(c4ccc5c(c4)C(C)(C)c4ccc6ccccc6c4-5)c4ccc5cc(-c6cc7ccccc7o6)ccc5c4)cc4c3[B]c3cc5c(cc3N4c3ccc4c(c3)C(C)(C)CCC4(C)C)C(C)(C)CCC5(C)C)ccc21. The summed E-state index contributed by atoms with van der Waals surface area (Å²) in [5.74, 6) is 0.874. The zero-order chi connectivity index (χ0) is 72.5. The minimum Gasteiger partial charge on any atom is -0.456 e. The Balaban J connectivity index is 0.963. The Kier molecular flexibility index (Phi) is 14.5. The molecule has 0 saturated heterocycles. The zero-order valence-corrected chi connectivity index (χ0v) is 65.0. The Morgan fingerprint density at radius 2 is 0.788 bits per heavy atom. The maximum Gasteiger partial charge on any atom is 0.199 e. The molecule has 18 rings (SSSR count). The predicted octanol–water partition coefficient (Wildman–Crippen LogP) is 26.5. The molecule has 0 unspecified atom stereocenters. The van der Waals surface area contributed by atoms with Crippen LogP contribution in [-0.2, 0) is 48.7 Å². The lowest BCUT2D eigenvalue weighted by Crippen LogP contribution is -2.44. The van der Waals surface area contributed by atoms with E-state index in [1.807, 2.05) is 0 Å². The van der Waals surface area contributed by atoms with Gasteiger partial charge in [-0.15, -0.1) is 0 Å². The van der Waals surface area contributed by atoms with Crippen molar-refractivity contribution in [2.75, 3.05) is 14.7 Å². The van der Waals surface area contributed by atoms with Crippen LogP contribution in [0.1, 0.15) is 232 Å². The van der Waals surface area contributed by atoms with Crippen molar-refractivity contribution in [3.05, 3.63) is 256 Å². The first-order valence-corrected chi connectivity index (χ1v) is 39.0. The van der Waals surface area contributed by atoms with Crippen LogP contribution in [0, 0.1) is 0 Å². The van der Waals surface area contributed by atoms with E-state index in [0.29, 0.717) is 0 Å². The van der Waals surface area contributed by atoms with Crippen LogP contribution in [0.3, 0.4) is 0 Å². The van der Waals surface area contributed by atoms with Gasteiger partial charge in [-0.25, -0.2) is 0 Å². The topological polar surface area (TPSA) is 22.9 Å². The van der Waals surface area contributed by atoms with E-state index in [9.17, 15) is 0 Å². The number of hydrogen-bond donors (Lipinski definition) is 0. The summed E-state index contributed by atoms with van der Waals surface area (Å²) in [6.45, 7) is 44.7. The molecule has 1 aromatic heterocycles. The van der Waals surface area contributed by atoms with Gasteiger partial charge in [0, 0.05) is 61.9 Å². The van der Waals surface area contributed by atoms with Gasteiger partial charge in [0.2, 0.25) is 0 Å². The highest BCUT2D eigenvalue weighted by Crippen LogP contribution is 2.58. The van der Waals surface area contributed by atoms with Crippen LogP contribution < -0.4 is 25.6 Å². The molecule has 0 N–H and O–H groups in total. The fourth-order valence-corrected chi connectivity index (χ4v) is 20.1. The number of furan rings is 1. The lowest BCUT2D eigenvalue weighted by molar-refractivity contribution is 0.332. The van der Waals surface area contributed by atoms with Gasteiger partial charge in [0.05, 0.1) is 5.69 Å². The van der Waals surface area contributed by atoms with Crippen molar-refractivity contribution < 1.29 is 4.42 Å². The maximum absolute atomic E-state index is 6.55. The minimum atomic E-state index is -0.292. The van der Waals surface area contributed by atoms with Gasteiger partial charge in [-0.05, 0) is 286 Å². The molecule has 0 saturated carbocycles. The number of hydrogen-bond acceptors (Lipinski definition) is 4. The summed E-state index contributed by atoms with van der Waals surface area (Å²) in [7, 11) is 2.62. The summed E-state index contributed by atoms with van der Waals surface area (Å²) >= 11 is 0. The highest BCUT2D eigenvalue weighted by molar-refractivity contribution is 6.73. The van der Waals surface area contributed by atoms with Crippen molar-refractivity contribution in [2.24, 2.45) is 0 Å².